The fourth-order valence-corrected chi connectivity index (χ4v) is 3.18. The van der Waals surface area contributed by atoms with E-state index in [0.29, 0.717) is 32.5 Å². The summed E-state index contributed by atoms with van der Waals surface area (Å²) >= 11 is 0. The van der Waals surface area contributed by atoms with Crippen LogP contribution >= 0.6 is 0 Å². The van der Waals surface area contributed by atoms with E-state index in [-0.39, 0.29) is 41.2 Å². The first kappa shape index (κ1) is 24.4. The Labute approximate surface area is 177 Å². The molecule has 0 radical (unpaired) electrons. The molecule has 2 rings (SSSR count). The van der Waals surface area contributed by atoms with Crippen molar-refractivity contribution in [3.05, 3.63) is 29.1 Å². The second kappa shape index (κ2) is 10.5. The molecule has 0 spiro atoms. The van der Waals surface area contributed by atoms with Crippen molar-refractivity contribution >= 4 is 23.5 Å². The largest absolute Gasteiger partial charge is 0.466 e. The minimum atomic E-state index is -4.59. The third-order valence-corrected chi connectivity index (χ3v) is 4.95. The lowest BCUT2D eigenvalue weighted by Crippen LogP contribution is -2.43. The predicted molar refractivity (Wildman–Crippen MR) is 104 cm³/mol. The minimum Gasteiger partial charge on any atom is -0.466 e. The van der Waals surface area contributed by atoms with Gasteiger partial charge in [-0.2, -0.15) is 13.2 Å². The fraction of sp³-hybridized carbons (Fsp3) is 0.550. The molecule has 31 heavy (non-hydrogen) atoms. The zero-order valence-corrected chi connectivity index (χ0v) is 17.3. The zero-order chi connectivity index (χ0) is 23.2. The van der Waals surface area contributed by atoms with Crippen LogP contribution in [0.15, 0.2) is 12.1 Å². The Morgan fingerprint density at radius 1 is 1.19 bits per heavy atom. The Balaban J connectivity index is 1.95. The number of anilines is 1. The Morgan fingerprint density at radius 3 is 2.42 bits per heavy atom. The lowest BCUT2D eigenvalue weighted by atomic mass is 9.97. The van der Waals surface area contributed by atoms with Crippen molar-refractivity contribution in [3.63, 3.8) is 0 Å². The van der Waals surface area contributed by atoms with Gasteiger partial charge in [-0.25, -0.2) is 4.39 Å². The van der Waals surface area contributed by atoms with Crippen LogP contribution in [0.3, 0.4) is 0 Å². The van der Waals surface area contributed by atoms with Crippen LogP contribution in [0.4, 0.5) is 23.2 Å². The molecule has 0 unspecified atom stereocenters. The molecule has 0 aromatic heterocycles. The summed E-state index contributed by atoms with van der Waals surface area (Å²) in [6, 6.07) is 2.04. The molecular weight excluding hydrogens is 422 g/mol. The van der Waals surface area contributed by atoms with Crippen molar-refractivity contribution < 1.29 is 36.7 Å². The predicted octanol–water partition coefficient (Wildman–Crippen LogP) is 2.64. The summed E-state index contributed by atoms with van der Waals surface area (Å²) in [6.07, 6.45) is -3.63. The van der Waals surface area contributed by atoms with Gasteiger partial charge in [0.25, 0.3) is 5.91 Å². The molecule has 2 amide bonds. The first-order valence-corrected chi connectivity index (χ1v) is 9.85. The molecule has 7 nitrogen and oxygen atoms in total. The summed E-state index contributed by atoms with van der Waals surface area (Å²) < 4.78 is 56.0. The molecule has 0 atom stereocenters. The van der Waals surface area contributed by atoms with Crippen LogP contribution < -0.4 is 10.6 Å². The number of carbonyl (C=O) groups excluding carboxylic acids is 3. The van der Waals surface area contributed by atoms with Crippen molar-refractivity contribution in [1.82, 2.24) is 10.2 Å². The number of esters is 1. The summed E-state index contributed by atoms with van der Waals surface area (Å²) in [5.41, 5.74) is -0.0364. The molecule has 11 heteroatoms. The van der Waals surface area contributed by atoms with Gasteiger partial charge >= 0.3 is 12.1 Å². The summed E-state index contributed by atoms with van der Waals surface area (Å²) in [7, 11) is 0. The average Bonchev–Trinajstić information content (AvgIpc) is 2.72. The molecule has 0 saturated carbocycles. The molecule has 1 heterocycles. The SMILES string of the molecule is CCOC(=O)C1CCN(C(=O)CNc2cc(C(=O)NCC(F)(F)F)cc(F)c2C)CC1. The van der Waals surface area contributed by atoms with Gasteiger partial charge in [-0.3, -0.25) is 14.4 Å². The van der Waals surface area contributed by atoms with Crippen molar-refractivity contribution in [3.8, 4) is 0 Å². The van der Waals surface area contributed by atoms with E-state index in [1.54, 1.807) is 17.1 Å². The van der Waals surface area contributed by atoms with Crippen LogP contribution in [0.2, 0.25) is 0 Å². The van der Waals surface area contributed by atoms with Crippen molar-refractivity contribution in [2.24, 2.45) is 5.92 Å². The van der Waals surface area contributed by atoms with Crippen LogP contribution in [0.25, 0.3) is 0 Å². The van der Waals surface area contributed by atoms with Gasteiger partial charge in [0.15, 0.2) is 0 Å². The molecule has 1 fully saturated rings. The molecule has 1 saturated heterocycles. The standard InChI is InChI=1S/C20H25F4N3O4/c1-3-31-19(30)13-4-6-27(7-5-13)17(28)10-25-16-9-14(8-15(21)12(16)2)18(29)26-11-20(22,23)24/h8-9,13,25H,3-7,10-11H2,1-2H3,(H,26,29). The number of rotatable bonds is 7. The second-order valence-electron chi connectivity index (χ2n) is 7.19. The van der Waals surface area contributed by atoms with E-state index in [2.05, 4.69) is 5.32 Å². The maximum atomic E-state index is 14.2. The van der Waals surface area contributed by atoms with Gasteiger partial charge in [-0.15, -0.1) is 0 Å². The lowest BCUT2D eigenvalue weighted by molar-refractivity contribution is -0.151. The monoisotopic (exact) mass is 447 g/mol. The molecule has 1 aromatic carbocycles. The Hall–Kier alpha value is -2.85. The van der Waals surface area contributed by atoms with Crippen LogP contribution in [0, 0.1) is 18.7 Å². The van der Waals surface area contributed by atoms with Gasteiger partial charge in [-0.1, -0.05) is 0 Å². The molecule has 0 bridgehead atoms. The maximum Gasteiger partial charge on any atom is 0.405 e. The van der Waals surface area contributed by atoms with Crippen molar-refractivity contribution in [2.45, 2.75) is 32.9 Å². The van der Waals surface area contributed by atoms with Crippen LogP contribution in [0.1, 0.15) is 35.7 Å². The second-order valence-corrected chi connectivity index (χ2v) is 7.19. The Kier molecular flexibility index (Phi) is 8.23. The quantitative estimate of drug-likeness (QED) is 0.496. The number of hydrogen-bond donors (Lipinski definition) is 2. The molecule has 0 aliphatic carbocycles. The van der Waals surface area contributed by atoms with E-state index < -0.39 is 24.4 Å². The number of benzene rings is 1. The van der Waals surface area contributed by atoms with Crippen molar-refractivity contribution in [1.29, 1.82) is 0 Å². The minimum absolute atomic E-state index is 0.126. The highest BCUT2D eigenvalue weighted by Crippen LogP contribution is 2.22. The van der Waals surface area contributed by atoms with Gasteiger partial charge < -0.3 is 20.3 Å². The number of nitrogens with one attached hydrogen (secondary N) is 2. The van der Waals surface area contributed by atoms with E-state index in [1.165, 1.54) is 13.0 Å². The number of alkyl halides is 3. The van der Waals surface area contributed by atoms with Gasteiger partial charge in [0.1, 0.15) is 12.4 Å². The van der Waals surface area contributed by atoms with Crippen LogP contribution in [-0.4, -0.2) is 61.6 Å². The first-order chi connectivity index (χ1) is 14.5. The molecule has 1 aromatic rings. The topological polar surface area (TPSA) is 87.7 Å². The summed E-state index contributed by atoms with van der Waals surface area (Å²) in [5, 5.41) is 4.43. The number of amides is 2. The number of piperidine rings is 1. The number of likely N-dealkylation sites (tertiary alicyclic amines) is 1. The molecule has 172 valence electrons. The molecular formula is C20H25F4N3O4. The normalized spacial score (nSPS) is 14.8. The van der Waals surface area contributed by atoms with Crippen LogP contribution in [0.5, 0.6) is 0 Å². The molecule has 1 aliphatic heterocycles. The maximum absolute atomic E-state index is 14.2. The zero-order valence-electron chi connectivity index (χ0n) is 17.3. The third-order valence-electron chi connectivity index (χ3n) is 4.95. The number of halogens is 4. The van der Waals surface area contributed by atoms with Gasteiger partial charge in [0, 0.05) is 29.9 Å². The number of hydrogen-bond acceptors (Lipinski definition) is 5. The smallest absolute Gasteiger partial charge is 0.405 e. The van der Waals surface area contributed by atoms with Crippen molar-refractivity contribution in [2.75, 3.05) is 38.1 Å². The highest BCUT2D eigenvalue weighted by molar-refractivity contribution is 5.95. The van der Waals surface area contributed by atoms with E-state index in [9.17, 15) is 31.9 Å². The molecule has 1 aliphatic rings. The number of ether oxygens (including phenoxy) is 1. The van der Waals surface area contributed by atoms with Crippen LogP contribution in [-0.2, 0) is 14.3 Å². The average molecular weight is 447 g/mol. The van der Waals surface area contributed by atoms with E-state index in [1.807, 2.05) is 0 Å². The van der Waals surface area contributed by atoms with Gasteiger partial charge in [0.2, 0.25) is 5.91 Å². The fourth-order valence-electron chi connectivity index (χ4n) is 3.18. The first-order valence-electron chi connectivity index (χ1n) is 9.85. The van der Waals surface area contributed by atoms with Gasteiger partial charge in [-0.05, 0) is 38.8 Å². The highest BCUT2D eigenvalue weighted by atomic mass is 19.4. The van der Waals surface area contributed by atoms with E-state index in [4.69, 9.17) is 4.74 Å². The summed E-state index contributed by atoms with van der Waals surface area (Å²) in [6.45, 7) is 2.45. The van der Waals surface area contributed by atoms with E-state index in [0.717, 1.165) is 6.07 Å². The summed E-state index contributed by atoms with van der Waals surface area (Å²) in [5.74, 6) is -2.68. The Bertz CT molecular complexity index is 821. The van der Waals surface area contributed by atoms with Gasteiger partial charge in [0.05, 0.1) is 19.1 Å². The summed E-state index contributed by atoms with van der Waals surface area (Å²) in [4.78, 5) is 37.7. The third kappa shape index (κ3) is 7.11. The number of carbonyl (C=O) groups is 3. The lowest BCUT2D eigenvalue weighted by Gasteiger charge is -2.31. The molecule has 2 N–H and O–H groups in total. The number of nitrogens with zero attached hydrogens (tertiary/aromatic N) is 1. The van der Waals surface area contributed by atoms with E-state index >= 15 is 0 Å². The highest BCUT2D eigenvalue weighted by Gasteiger charge is 2.29. The Morgan fingerprint density at radius 2 is 1.84 bits per heavy atom.